The number of fused-ring (bicyclic) bond motifs is 5. The number of hydrogen-bond acceptors (Lipinski definition) is 7. The number of aromatic nitrogens is 3. The van der Waals surface area contributed by atoms with Gasteiger partial charge in [0.2, 0.25) is 0 Å². The largest absolute Gasteiger partial charge is 0.479 e. The van der Waals surface area contributed by atoms with Crippen LogP contribution in [-0.2, 0) is 4.74 Å². The van der Waals surface area contributed by atoms with E-state index in [-0.39, 0.29) is 23.7 Å². The molecule has 9 nitrogen and oxygen atoms in total. The van der Waals surface area contributed by atoms with Crippen molar-refractivity contribution < 1.29 is 9.53 Å². The molecule has 5 heterocycles. The van der Waals surface area contributed by atoms with Gasteiger partial charge in [-0.1, -0.05) is 6.08 Å². The fourth-order valence-electron chi connectivity index (χ4n) is 4.21. The van der Waals surface area contributed by atoms with Crippen molar-refractivity contribution in [1.29, 1.82) is 0 Å². The van der Waals surface area contributed by atoms with Gasteiger partial charge in [-0.05, 0) is 25.3 Å². The Balaban J connectivity index is 1.63. The molecule has 5 rings (SSSR count). The number of aliphatic imine (C=N–C) groups is 1. The van der Waals surface area contributed by atoms with Crippen LogP contribution in [0.1, 0.15) is 29.6 Å². The van der Waals surface area contributed by atoms with Crippen molar-refractivity contribution in [2.24, 2.45) is 10.9 Å². The maximum Gasteiger partial charge on any atom is 0.259 e. The zero-order chi connectivity index (χ0) is 18.4. The molecule has 1 fully saturated rings. The first-order chi connectivity index (χ1) is 13.2. The molecule has 1 amide bonds. The van der Waals surface area contributed by atoms with Crippen molar-refractivity contribution in [3.8, 4) is 0 Å². The minimum absolute atomic E-state index is 0.174. The molecule has 2 aromatic rings. The predicted molar refractivity (Wildman–Crippen MR) is 101 cm³/mol. The maximum absolute atomic E-state index is 12.6. The van der Waals surface area contributed by atoms with E-state index in [1.54, 1.807) is 10.7 Å². The van der Waals surface area contributed by atoms with Crippen LogP contribution in [0.15, 0.2) is 29.5 Å². The molecule has 1 unspecified atom stereocenters. The van der Waals surface area contributed by atoms with Crippen LogP contribution in [0.3, 0.4) is 0 Å². The van der Waals surface area contributed by atoms with Gasteiger partial charge >= 0.3 is 0 Å². The molecule has 3 aliphatic heterocycles. The van der Waals surface area contributed by atoms with E-state index in [0.29, 0.717) is 24.4 Å². The quantitative estimate of drug-likeness (QED) is 0.718. The summed E-state index contributed by atoms with van der Waals surface area (Å²) in [6.45, 7) is 1.63. The fraction of sp³-hybridized carbons (Fsp3) is 0.444. The SMILES string of the molecule is Nc1nn2ccc3nc2c1C(=O)NCCOC1=NC=CCC1[C@H]1CCCN31. The molecule has 3 N–H and O–H groups in total. The van der Waals surface area contributed by atoms with Gasteiger partial charge in [0.05, 0.1) is 12.5 Å². The molecule has 2 aromatic heterocycles. The van der Waals surface area contributed by atoms with E-state index >= 15 is 0 Å². The highest BCUT2D eigenvalue weighted by atomic mass is 16.5. The van der Waals surface area contributed by atoms with E-state index in [9.17, 15) is 4.79 Å². The lowest BCUT2D eigenvalue weighted by Crippen LogP contribution is -2.41. The second-order valence-electron chi connectivity index (χ2n) is 7.02. The number of amides is 1. The van der Waals surface area contributed by atoms with Gasteiger partial charge in [-0.3, -0.25) is 4.79 Å². The summed E-state index contributed by atoms with van der Waals surface area (Å²) in [7, 11) is 0. The highest BCUT2D eigenvalue weighted by Gasteiger charge is 2.37. The molecule has 3 aliphatic rings. The summed E-state index contributed by atoms with van der Waals surface area (Å²) >= 11 is 0. The number of nitrogens with two attached hydrogens (primary N) is 1. The summed E-state index contributed by atoms with van der Waals surface area (Å²) in [5.41, 5.74) is 6.78. The standard InChI is InChI=1S/C18H21N7O2/c19-15-14-16-22-13(5-9-25(16)23-15)24-8-2-4-12(24)11-3-1-6-21-18(11)27-10-7-20-17(14)26/h1,5-6,9,11-12H,2-4,7-8,10H2,(H2,19,23)(H,20,26)/t11?,12-/m1/s1. The van der Waals surface area contributed by atoms with Gasteiger partial charge in [0.1, 0.15) is 18.0 Å². The monoisotopic (exact) mass is 367 g/mol. The summed E-state index contributed by atoms with van der Waals surface area (Å²) in [6, 6.07) is 2.19. The number of allylic oxidation sites excluding steroid dienone is 1. The van der Waals surface area contributed by atoms with Crippen LogP contribution in [-0.4, -0.2) is 52.1 Å². The average Bonchev–Trinajstić information content (AvgIpc) is 3.28. The summed E-state index contributed by atoms with van der Waals surface area (Å²) in [5.74, 6) is 1.63. The van der Waals surface area contributed by atoms with Gasteiger partial charge in [0.25, 0.3) is 5.91 Å². The first-order valence-electron chi connectivity index (χ1n) is 9.27. The van der Waals surface area contributed by atoms with Gasteiger partial charge in [0.15, 0.2) is 17.4 Å². The minimum atomic E-state index is -0.296. The van der Waals surface area contributed by atoms with Crippen molar-refractivity contribution in [3.63, 3.8) is 0 Å². The van der Waals surface area contributed by atoms with E-state index in [0.717, 1.165) is 37.5 Å². The Morgan fingerprint density at radius 1 is 1.37 bits per heavy atom. The number of nitrogens with one attached hydrogen (secondary N) is 1. The van der Waals surface area contributed by atoms with E-state index in [1.165, 1.54) is 0 Å². The summed E-state index contributed by atoms with van der Waals surface area (Å²) in [4.78, 5) is 24.2. The lowest BCUT2D eigenvalue weighted by Gasteiger charge is -2.33. The molecule has 140 valence electrons. The zero-order valence-corrected chi connectivity index (χ0v) is 14.8. The van der Waals surface area contributed by atoms with Crippen LogP contribution in [0.4, 0.5) is 11.6 Å². The van der Waals surface area contributed by atoms with Gasteiger partial charge in [-0.15, -0.1) is 5.10 Å². The summed E-state index contributed by atoms with van der Waals surface area (Å²) < 4.78 is 7.51. The average molecular weight is 367 g/mol. The number of carbonyl (C=O) groups is 1. The summed E-state index contributed by atoms with van der Waals surface area (Å²) in [5, 5.41) is 7.06. The van der Waals surface area contributed by atoms with E-state index in [4.69, 9.17) is 15.5 Å². The number of ether oxygens (including phenoxy) is 1. The molecule has 0 aliphatic carbocycles. The van der Waals surface area contributed by atoms with Crippen LogP contribution >= 0.6 is 0 Å². The van der Waals surface area contributed by atoms with Crippen molar-refractivity contribution in [2.75, 3.05) is 30.3 Å². The molecule has 0 saturated carbocycles. The second-order valence-corrected chi connectivity index (χ2v) is 7.02. The third kappa shape index (κ3) is 2.61. The molecule has 27 heavy (non-hydrogen) atoms. The smallest absolute Gasteiger partial charge is 0.259 e. The van der Waals surface area contributed by atoms with Crippen molar-refractivity contribution in [2.45, 2.75) is 25.3 Å². The topological polar surface area (TPSA) is 110 Å². The summed E-state index contributed by atoms with van der Waals surface area (Å²) in [6.07, 6.45) is 8.72. The number of hydrogen-bond donors (Lipinski definition) is 2. The number of nitrogens with zero attached hydrogens (tertiary/aromatic N) is 5. The molecule has 0 aromatic carbocycles. The Morgan fingerprint density at radius 3 is 3.22 bits per heavy atom. The number of carbonyl (C=O) groups excluding carboxylic acids is 1. The van der Waals surface area contributed by atoms with Crippen LogP contribution < -0.4 is 16.0 Å². The molecular weight excluding hydrogens is 346 g/mol. The van der Waals surface area contributed by atoms with Gasteiger partial charge < -0.3 is 20.7 Å². The fourth-order valence-corrected chi connectivity index (χ4v) is 4.21. The van der Waals surface area contributed by atoms with E-state index < -0.39 is 0 Å². The molecule has 0 spiro atoms. The normalized spacial score (nSPS) is 25.0. The van der Waals surface area contributed by atoms with Gasteiger partial charge in [-0.25, -0.2) is 14.5 Å². The van der Waals surface area contributed by atoms with E-state index in [2.05, 4.69) is 26.4 Å². The second kappa shape index (κ2) is 6.26. The maximum atomic E-state index is 12.6. The third-order valence-corrected chi connectivity index (χ3v) is 5.43. The zero-order valence-electron chi connectivity index (χ0n) is 14.8. The van der Waals surface area contributed by atoms with Crippen molar-refractivity contribution >= 4 is 29.1 Å². The lowest BCUT2D eigenvalue weighted by molar-refractivity contribution is 0.0947. The van der Waals surface area contributed by atoms with Crippen LogP contribution in [0.5, 0.6) is 0 Å². The lowest BCUT2D eigenvalue weighted by atomic mass is 9.92. The van der Waals surface area contributed by atoms with Gasteiger partial charge in [-0.2, -0.15) is 0 Å². The third-order valence-electron chi connectivity index (χ3n) is 5.43. The molecule has 1 saturated heterocycles. The number of rotatable bonds is 0. The first-order valence-corrected chi connectivity index (χ1v) is 9.27. The number of nitrogen functional groups attached to an aromatic ring is 1. The molecule has 2 bridgehead atoms. The van der Waals surface area contributed by atoms with Crippen molar-refractivity contribution in [3.05, 3.63) is 30.1 Å². The van der Waals surface area contributed by atoms with Crippen LogP contribution in [0.25, 0.3) is 5.65 Å². The Labute approximate surface area is 155 Å². The molecule has 2 atom stereocenters. The highest BCUT2D eigenvalue weighted by Crippen LogP contribution is 2.33. The van der Waals surface area contributed by atoms with Gasteiger partial charge in [0, 0.05) is 25.0 Å². The Kier molecular flexibility index (Phi) is 3.73. The van der Waals surface area contributed by atoms with Crippen molar-refractivity contribution in [1.82, 2.24) is 19.9 Å². The highest BCUT2D eigenvalue weighted by molar-refractivity contribution is 6.04. The Hall–Kier alpha value is -3.10. The number of anilines is 2. The van der Waals surface area contributed by atoms with Crippen LogP contribution in [0.2, 0.25) is 0 Å². The molecule has 9 heteroatoms. The van der Waals surface area contributed by atoms with E-state index in [1.807, 2.05) is 12.3 Å². The molecule has 0 radical (unpaired) electrons. The minimum Gasteiger partial charge on any atom is -0.479 e. The van der Waals surface area contributed by atoms with Crippen LogP contribution in [0, 0.1) is 5.92 Å². The molecular formula is C18H21N7O2. The Morgan fingerprint density at radius 2 is 2.30 bits per heavy atom. The Bertz CT molecular complexity index is 964. The predicted octanol–water partition coefficient (Wildman–Crippen LogP) is 0.972. The first kappa shape index (κ1) is 16.1.